The van der Waals surface area contributed by atoms with E-state index < -0.39 is 0 Å². The van der Waals surface area contributed by atoms with E-state index in [4.69, 9.17) is 5.73 Å². The van der Waals surface area contributed by atoms with E-state index in [9.17, 15) is 0 Å². The molecule has 0 spiro atoms. The summed E-state index contributed by atoms with van der Waals surface area (Å²) in [4.78, 5) is 0. The van der Waals surface area contributed by atoms with E-state index in [0.29, 0.717) is 6.04 Å². The first kappa shape index (κ1) is 13.0. The Morgan fingerprint density at radius 3 is 2.53 bits per heavy atom. The maximum Gasteiger partial charge on any atom is 0.00698 e. The molecule has 0 aliphatic heterocycles. The summed E-state index contributed by atoms with van der Waals surface area (Å²) in [6.45, 7) is 4.60. The molecule has 15 heavy (non-hydrogen) atoms. The van der Waals surface area contributed by atoms with E-state index in [1.807, 2.05) is 0 Å². The molecule has 0 heterocycles. The Balaban J connectivity index is 2.31. The average Bonchev–Trinajstić information content (AvgIpc) is 2.29. The zero-order valence-corrected chi connectivity index (χ0v) is 10.7. The first-order valence-corrected chi connectivity index (χ1v) is 7.05. The minimum absolute atomic E-state index is 0.488. The van der Waals surface area contributed by atoms with Crippen molar-refractivity contribution >= 4 is 0 Å². The van der Waals surface area contributed by atoms with Crippen molar-refractivity contribution in [3.63, 3.8) is 0 Å². The van der Waals surface area contributed by atoms with E-state index >= 15 is 0 Å². The molecular formula is C14H29N. The maximum atomic E-state index is 6.36. The lowest BCUT2D eigenvalue weighted by molar-refractivity contribution is 0.188. The van der Waals surface area contributed by atoms with E-state index in [-0.39, 0.29) is 0 Å². The molecule has 0 aromatic rings. The Labute approximate surface area is 95.8 Å². The zero-order chi connectivity index (χ0) is 11.1. The van der Waals surface area contributed by atoms with Crippen LogP contribution < -0.4 is 5.73 Å². The fraction of sp³-hybridized carbons (Fsp3) is 1.00. The van der Waals surface area contributed by atoms with Gasteiger partial charge in [-0.1, -0.05) is 58.8 Å². The van der Waals surface area contributed by atoms with Gasteiger partial charge in [-0.15, -0.1) is 0 Å². The third-order valence-corrected chi connectivity index (χ3v) is 4.18. The maximum absolute atomic E-state index is 6.36. The topological polar surface area (TPSA) is 26.0 Å². The minimum atomic E-state index is 0.488. The van der Waals surface area contributed by atoms with E-state index in [0.717, 1.165) is 11.8 Å². The summed E-state index contributed by atoms with van der Waals surface area (Å²) >= 11 is 0. The molecule has 1 nitrogen and oxygen atoms in total. The molecule has 90 valence electrons. The zero-order valence-electron chi connectivity index (χ0n) is 10.7. The van der Waals surface area contributed by atoms with E-state index in [2.05, 4.69) is 13.8 Å². The number of hydrogen-bond acceptors (Lipinski definition) is 1. The molecule has 1 heteroatoms. The molecule has 1 rings (SSSR count). The van der Waals surface area contributed by atoms with Crippen LogP contribution in [0.15, 0.2) is 0 Å². The van der Waals surface area contributed by atoms with Crippen LogP contribution in [0.3, 0.4) is 0 Å². The van der Waals surface area contributed by atoms with Gasteiger partial charge in [0, 0.05) is 6.04 Å². The van der Waals surface area contributed by atoms with Crippen LogP contribution in [0.4, 0.5) is 0 Å². The predicted octanol–water partition coefficient (Wildman–Crippen LogP) is 4.11. The highest BCUT2D eigenvalue weighted by Crippen LogP contribution is 2.35. The van der Waals surface area contributed by atoms with Gasteiger partial charge in [0.05, 0.1) is 0 Å². The fourth-order valence-corrected chi connectivity index (χ4v) is 3.15. The van der Waals surface area contributed by atoms with Crippen molar-refractivity contribution in [1.29, 1.82) is 0 Å². The Bertz CT molecular complexity index is 155. The summed E-state index contributed by atoms with van der Waals surface area (Å²) < 4.78 is 0. The van der Waals surface area contributed by atoms with Crippen LogP contribution >= 0.6 is 0 Å². The van der Waals surface area contributed by atoms with Crippen LogP contribution in [-0.4, -0.2) is 6.04 Å². The van der Waals surface area contributed by atoms with Crippen LogP contribution in [0.25, 0.3) is 0 Å². The lowest BCUT2D eigenvalue weighted by atomic mass is 9.73. The molecule has 0 radical (unpaired) electrons. The molecule has 1 fully saturated rings. The summed E-state index contributed by atoms with van der Waals surface area (Å²) in [6, 6.07) is 0.488. The summed E-state index contributed by atoms with van der Waals surface area (Å²) in [7, 11) is 0. The van der Waals surface area contributed by atoms with Crippen LogP contribution in [0.5, 0.6) is 0 Å². The highest BCUT2D eigenvalue weighted by molar-refractivity contribution is 4.82. The number of hydrogen-bond donors (Lipinski definition) is 1. The van der Waals surface area contributed by atoms with E-state index in [1.165, 1.54) is 57.8 Å². The predicted molar refractivity (Wildman–Crippen MR) is 67.9 cm³/mol. The lowest BCUT2D eigenvalue weighted by Crippen LogP contribution is -2.36. The third kappa shape index (κ3) is 4.14. The van der Waals surface area contributed by atoms with Crippen molar-refractivity contribution in [1.82, 2.24) is 0 Å². The first-order valence-electron chi connectivity index (χ1n) is 7.05. The summed E-state index contributed by atoms with van der Waals surface area (Å²) in [5, 5.41) is 0. The average molecular weight is 211 g/mol. The molecule has 0 amide bonds. The fourth-order valence-electron chi connectivity index (χ4n) is 3.15. The van der Waals surface area contributed by atoms with Crippen molar-refractivity contribution in [3.8, 4) is 0 Å². The van der Waals surface area contributed by atoms with Gasteiger partial charge in [-0.2, -0.15) is 0 Å². The van der Waals surface area contributed by atoms with Crippen LogP contribution in [0.1, 0.15) is 71.6 Å². The van der Waals surface area contributed by atoms with Gasteiger partial charge >= 0.3 is 0 Å². The van der Waals surface area contributed by atoms with Gasteiger partial charge in [0.1, 0.15) is 0 Å². The second-order valence-electron chi connectivity index (χ2n) is 5.28. The number of unbranched alkanes of at least 4 members (excludes halogenated alkanes) is 2. The summed E-state index contributed by atoms with van der Waals surface area (Å²) in [6.07, 6.45) is 12.3. The molecule has 2 N–H and O–H groups in total. The number of nitrogens with two attached hydrogens (primary N) is 1. The molecule has 1 aliphatic rings. The Kier molecular flexibility index (Phi) is 6.31. The molecule has 1 saturated carbocycles. The molecule has 0 aromatic heterocycles. The van der Waals surface area contributed by atoms with Crippen LogP contribution in [0.2, 0.25) is 0 Å². The van der Waals surface area contributed by atoms with Crippen molar-refractivity contribution in [2.24, 2.45) is 17.6 Å². The van der Waals surface area contributed by atoms with Gasteiger partial charge in [0.15, 0.2) is 0 Å². The summed E-state index contributed by atoms with van der Waals surface area (Å²) in [5.41, 5.74) is 6.36. The van der Waals surface area contributed by atoms with Crippen LogP contribution in [-0.2, 0) is 0 Å². The first-order chi connectivity index (χ1) is 7.29. The van der Waals surface area contributed by atoms with Gasteiger partial charge in [-0.25, -0.2) is 0 Å². The molecule has 0 bridgehead atoms. The quantitative estimate of drug-likeness (QED) is 0.657. The molecule has 1 aliphatic carbocycles. The Morgan fingerprint density at radius 2 is 1.87 bits per heavy atom. The molecule has 3 atom stereocenters. The van der Waals surface area contributed by atoms with Crippen molar-refractivity contribution in [2.75, 3.05) is 0 Å². The van der Waals surface area contributed by atoms with Gasteiger partial charge in [0.25, 0.3) is 0 Å². The minimum Gasteiger partial charge on any atom is -0.327 e. The highest BCUT2D eigenvalue weighted by Gasteiger charge is 2.27. The summed E-state index contributed by atoms with van der Waals surface area (Å²) in [5.74, 6) is 1.76. The molecule has 0 saturated heterocycles. The SMILES string of the molecule is CCCCCC(N)C1CCCCC1CC. The molecular weight excluding hydrogens is 182 g/mol. The van der Waals surface area contributed by atoms with Crippen molar-refractivity contribution < 1.29 is 0 Å². The van der Waals surface area contributed by atoms with Crippen LogP contribution in [0, 0.1) is 11.8 Å². The smallest absolute Gasteiger partial charge is 0.00698 e. The third-order valence-electron chi connectivity index (χ3n) is 4.18. The van der Waals surface area contributed by atoms with Crippen molar-refractivity contribution in [2.45, 2.75) is 77.7 Å². The normalized spacial score (nSPS) is 29.0. The largest absolute Gasteiger partial charge is 0.327 e. The second kappa shape index (κ2) is 7.27. The number of rotatable bonds is 6. The standard InChI is InChI=1S/C14H29N/c1-3-5-6-11-14(15)13-10-8-7-9-12(13)4-2/h12-14H,3-11,15H2,1-2H3. The highest BCUT2D eigenvalue weighted by atomic mass is 14.7. The second-order valence-corrected chi connectivity index (χ2v) is 5.28. The van der Waals surface area contributed by atoms with Gasteiger partial charge < -0.3 is 5.73 Å². The van der Waals surface area contributed by atoms with Gasteiger partial charge in [-0.3, -0.25) is 0 Å². The van der Waals surface area contributed by atoms with Gasteiger partial charge in [-0.05, 0) is 24.7 Å². The van der Waals surface area contributed by atoms with E-state index in [1.54, 1.807) is 0 Å². The lowest BCUT2D eigenvalue weighted by Gasteiger charge is -2.35. The Hall–Kier alpha value is -0.0400. The van der Waals surface area contributed by atoms with Crippen molar-refractivity contribution in [3.05, 3.63) is 0 Å². The molecule has 3 unspecified atom stereocenters. The Morgan fingerprint density at radius 1 is 1.13 bits per heavy atom. The van der Waals surface area contributed by atoms with Gasteiger partial charge in [0.2, 0.25) is 0 Å². The molecule has 0 aromatic carbocycles. The monoisotopic (exact) mass is 211 g/mol.